The van der Waals surface area contributed by atoms with E-state index in [1.54, 1.807) is 19.1 Å². The van der Waals surface area contributed by atoms with Gasteiger partial charge >= 0.3 is 0 Å². The summed E-state index contributed by atoms with van der Waals surface area (Å²) in [5.41, 5.74) is 1.08. The normalized spacial score (nSPS) is 17.1. The standard InChI is InChI=1S/C14H21N3O3S/c1-9(11-7-16-8-11)14(18)17-12-5-4-6-13(10(12)2)21(19,20)15-3/h4-6,9,11,15-16H,7-8H2,1-3H3,(H,17,18). The zero-order valence-corrected chi connectivity index (χ0v) is 13.3. The fourth-order valence-electron chi connectivity index (χ4n) is 2.28. The lowest BCUT2D eigenvalue weighted by Crippen LogP contribution is -2.48. The van der Waals surface area contributed by atoms with Gasteiger partial charge in [-0.2, -0.15) is 0 Å². The summed E-state index contributed by atoms with van der Waals surface area (Å²) in [6.07, 6.45) is 0. The van der Waals surface area contributed by atoms with Crippen LogP contribution in [-0.2, 0) is 14.8 Å². The van der Waals surface area contributed by atoms with Crippen LogP contribution in [0.3, 0.4) is 0 Å². The monoisotopic (exact) mass is 311 g/mol. The zero-order chi connectivity index (χ0) is 15.6. The number of rotatable bonds is 5. The van der Waals surface area contributed by atoms with Crippen molar-refractivity contribution < 1.29 is 13.2 Å². The lowest BCUT2D eigenvalue weighted by Gasteiger charge is -2.31. The van der Waals surface area contributed by atoms with Crippen molar-refractivity contribution in [1.29, 1.82) is 0 Å². The number of benzene rings is 1. The van der Waals surface area contributed by atoms with Crippen LogP contribution in [0.4, 0.5) is 5.69 Å². The van der Waals surface area contributed by atoms with E-state index in [0.29, 0.717) is 17.2 Å². The first kappa shape index (κ1) is 15.9. The summed E-state index contributed by atoms with van der Waals surface area (Å²) in [5, 5.41) is 5.98. The van der Waals surface area contributed by atoms with Crippen molar-refractivity contribution >= 4 is 21.6 Å². The van der Waals surface area contributed by atoms with Crippen molar-refractivity contribution in [1.82, 2.24) is 10.0 Å². The van der Waals surface area contributed by atoms with Crippen molar-refractivity contribution in [2.75, 3.05) is 25.5 Å². The molecule has 0 bridgehead atoms. The van der Waals surface area contributed by atoms with Gasteiger partial charge < -0.3 is 10.6 Å². The summed E-state index contributed by atoms with van der Waals surface area (Å²) in [7, 11) is -2.16. The second-order valence-electron chi connectivity index (χ2n) is 5.33. The minimum Gasteiger partial charge on any atom is -0.326 e. The first-order valence-corrected chi connectivity index (χ1v) is 8.40. The average Bonchev–Trinajstić information content (AvgIpc) is 2.38. The molecule has 6 nitrogen and oxygen atoms in total. The van der Waals surface area contributed by atoms with Crippen molar-refractivity contribution in [2.45, 2.75) is 18.7 Å². The molecule has 0 aliphatic carbocycles. The van der Waals surface area contributed by atoms with E-state index in [4.69, 9.17) is 0 Å². The Hall–Kier alpha value is -1.44. The molecule has 2 rings (SSSR count). The summed E-state index contributed by atoms with van der Waals surface area (Å²) >= 11 is 0. The highest BCUT2D eigenvalue weighted by atomic mass is 32.2. The Kier molecular flexibility index (Phi) is 4.65. The van der Waals surface area contributed by atoms with Crippen molar-refractivity contribution in [3.05, 3.63) is 23.8 Å². The molecule has 1 aliphatic heterocycles. The Balaban J connectivity index is 2.21. The van der Waals surface area contributed by atoms with Crippen LogP contribution >= 0.6 is 0 Å². The van der Waals surface area contributed by atoms with Crippen LogP contribution in [0.25, 0.3) is 0 Å². The van der Waals surface area contributed by atoms with Crippen molar-refractivity contribution in [2.24, 2.45) is 11.8 Å². The molecule has 21 heavy (non-hydrogen) atoms. The Bertz CT molecular complexity index is 639. The highest BCUT2D eigenvalue weighted by molar-refractivity contribution is 7.89. The molecular formula is C14H21N3O3S. The van der Waals surface area contributed by atoms with Crippen LogP contribution in [0.5, 0.6) is 0 Å². The van der Waals surface area contributed by atoms with Crippen LogP contribution < -0.4 is 15.4 Å². The van der Waals surface area contributed by atoms with Crippen molar-refractivity contribution in [3.8, 4) is 0 Å². The summed E-state index contributed by atoms with van der Waals surface area (Å²) in [4.78, 5) is 12.4. The minimum absolute atomic E-state index is 0.0800. The van der Waals surface area contributed by atoms with Gasteiger partial charge in [0.1, 0.15) is 0 Å². The van der Waals surface area contributed by atoms with Crippen LogP contribution in [0, 0.1) is 18.8 Å². The van der Waals surface area contributed by atoms with E-state index in [2.05, 4.69) is 15.4 Å². The summed E-state index contributed by atoms with van der Waals surface area (Å²) in [6.45, 7) is 5.28. The van der Waals surface area contributed by atoms with Gasteiger partial charge in [-0.1, -0.05) is 13.0 Å². The first-order chi connectivity index (χ1) is 9.86. The van der Waals surface area contributed by atoms with E-state index >= 15 is 0 Å². The molecule has 1 unspecified atom stereocenters. The molecule has 1 heterocycles. The van der Waals surface area contributed by atoms with E-state index < -0.39 is 10.0 Å². The number of hydrogen-bond acceptors (Lipinski definition) is 4. The smallest absolute Gasteiger partial charge is 0.240 e. The van der Waals surface area contributed by atoms with E-state index in [1.165, 1.54) is 13.1 Å². The molecule has 1 atom stereocenters. The molecule has 1 aliphatic rings. The SMILES string of the molecule is CNS(=O)(=O)c1cccc(NC(=O)C(C)C2CNC2)c1C. The second-order valence-corrected chi connectivity index (χ2v) is 7.19. The van der Waals surface area contributed by atoms with Gasteiger partial charge in [0.05, 0.1) is 4.90 Å². The topological polar surface area (TPSA) is 87.3 Å². The Morgan fingerprint density at radius 1 is 1.38 bits per heavy atom. The van der Waals surface area contributed by atoms with Gasteiger partial charge in [0, 0.05) is 11.6 Å². The third-order valence-electron chi connectivity index (χ3n) is 4.03. The van der Waals surface area contributed by atoms with Crippen LogP contribution in [-0.4, -0.2) is 34.5 Å². The Morgan fingerprint density at radius 2 is 2.05 bits per heavy atom. The molecule has 1 fully saturated rings. The summed E-state index contributed by atoms with van der Waals surface area (Å²) in [6, 6.07) is 4.87. The molecule has 1 aromatic carbocycles. The third kappa shape index (κ3) is 3.25. The fraction of sp³-hybridized carbons (Fsp3) is 0.500. The van der Waals surface area contributed by atoms with E-state index in [0.717, 1.165) is 13.1 Å². The van der Waals surface area contributed by atoms with Crippen LogP contribution in [0.1, 0.15) is 12.5 Å². The number of carbonyl (C=O) groups is 1. The summed E-state index contributed by atoms with van der Waals surface area (Å²) in [5.74, 6) is 0.161. The van der Waals surface area contributed by atoms with Gasteiger partial charge in [-0.15, -0.1) is 0 Å². The highest BCUT2D eigenvalue weighted by Crippen LogP contribution is 2.24. The lowest BCUT2D eigenvalue weighted by atomic mass is 9.88. The highest BCUT2D eigenvalue weighted by Gasteiger charge is 2.29. The predicted octanol–water partition coefficient (Wildman–Crippen LogP) is 0.697. The number of nitrogens with one attached hydrogen (secondary N) is 3. The van der Waals surface area contributed by atoms with Crippen molar-refractivity contribution in [3.63, 3.8) is 0 Å². The third-order valence-corrected chi connectivity index (χ3v) is 5.59. The van der Waals surface area contributed by atoms with E-state index in [1.807, 2.05) is 6.92 Å². The minimum atomic E-state index is -3.53. The van der Waals surface area contributed by atoms with Gasteiger partial charge in [0.15, 0.2) is 0 Å². The molecule has 116 valence electrons. The van der Waals surface area contributed by atoms with Crippen LogP contribution in [0.15, 0.2) is 23.1 Å². The van der Waals surface area contributed by atoms with Gasteiger partial charge in [-0.3, -0.25) is 4.79 Å². The Morgan fingerprint density at radius 3 is 2.57 bits per heavy atom. The van der Waals surface area contributed by atoms with Gasteiger partial charge in [0.2, 0.25) is 15.9 Å². The molecule has 0 saturated carbocycles. The van der Waals surface area contributed by atoms with Gasteiger partial charge in [0.25, 0.3) is 0 Å². The van der Waals surface area contributed by atoms with Crippen LogP contribution in [0.2, 0.25) is 0 Å². The molecule has 0 aromatic heterocycles. The zero-order valence-electron chi connectivity index (χ0n) is 12.4. The average molecular weight is 311 g/mol. The quantitative estimate of drug-likeness (QED) is 0.747. The summed E-state index contributed by atoms with van der Waals surface area (Å²) < 4.78 is 26.1. The number of carbonyl (C=O) groups excluding carboxylic acids is 1. The molecule has 1 saturated heterocycles. The lowest BCUT2D eigenvalue weighted by molar-refractivity contribution is -0.121. The fourth-order valence-corrected chi connectivity index (χ4v) is 3.27. The molecule has 3 N–H and O–H groups in total. The predicted molar refractivity (Wildman–Crippen MR) is 81.6 cm³/mol. The molecule has 0 radical (unpaired) electrons. The number of sulfonamides is 1. The number of amides is 1. The molecule has 7 heteroatoms. The molecule has 0 spiro atoms. The van der Waals surface area contributed by atoms with E-state index in [-0.39, 0.29) is 16.7 Å². The number of anilines is 1. The maximum absolute atomic E-state index is 12.2. The van der Waals surface area contributed by atoms with Gasteiger partial charge in [-0.25, -0.2) is 13.1 Å². The largest absolute Gasteiger partial charge is 0.326 e. The second kappa shape index (κ2) is 6.13. The first-order valence-electron chi connectivity index (χ1n) is 6.91. The Labute approximate surface area is 125 Å². The van der Waals surface area contributed by atoms with Gasteiger partial charge in [-0.05, 0) is 50.7 Å². The maximum Gasteiger partial charge on any atom is 0.240 e. The maximum atomic E-state index is 12.2. The molecule has 1 aromatic rings. The van der Waals surface area contributed by atoms with E-state index in [9.17, 15) is 13.2 Å². The molecule has 1 amide bonds. The number of hydrogen-bond donors (Lipinski definition) is 3. The molecular weight excluding hydrogens is 290 g/mol.